The lowest BCUT2D eigenvalue weighted by molar-refractivity contribution is 0.0697. The SMILES string of the molecule is Cc1cc(C(=O)O)c(-c2c3ccc(O)cc3oc3c2ccc2cc(=O)ccc23)cc1C. The van der Waals surface area contributed by atoms with Crippen LogP contribution in [0.5, 0.6) is 5.75 Å². The second-order valence-electron chi connectivity index (χ2n) is 7.77. The van der Waals surface area contributed by atoms with Crippen LogP contribution in [0.25, 0.3) is 43.8 Å². The Kier molecular flexibility index (Phi) is 4.08. The van der Waals surface area contributed by atoms with Gasteiger partial charge < -0.3 is 14.6 Å². The van der Waals surface area contributed by atoms with E-state index in [1.807, 2.05) is 32.0 Å². The number of carboxylic acids is 1. The molecule has 0 radical (unpaired) electrons. The van der Waals surface area contributed by atoms with E-state index in [4.69, 9.17) is 4.42 Å². The number of rotatable bonds is 2. The summed E-state index contributed by atoms with van der Waals surface area (Å²) >= 11 is 0. The van der Waals surface area contributed by atoms with Crippen LogP contribution in [0.2, 0.25) is 0 Å². The fourth-order valence-corrected chi connectivity index (χ4v) is 4.13. The van der Waals surface area contributed by atoms with Gasteiger partial charge in [-0.2, -0.15) is 0 Å². The Morgan fingerprint density at radius 3 is 2.32 bits per heavy atom. The molecule has 4 aromatic carbocycles. The van der Waals surface area contributed by atoms with Crippen LogP contribution in [-0.4, -0.2) is 16.2 Å². The lowest BCUT2D eigenvalue weighted by atomic mass is 9.90. The molecule has 0 aliphatic carbocycles. The molecule has 152 valence electrons. The first kappa shape index (κ1) is 18.9. The Morgan fingerprint density at radius 1 is 0.839 bits per heavy atom. The van der Waals surface area contributed by atoms with Crippen LogP contribution in [0.1, 0.15) is 21.5 Å². The van der Waals surface area contributed by atoms with Crippen molar-refractivity contribution in [3.05, 3.63) is 87.6 Å². The van der Waals surface area contributed by atoms with Crippen molar-refractivity contribution in [1.82, 2.24) is 0 Å². The summed E-state index contributed by atoms with van der Waals surface area (Å²) < 4.78 is 6.19. The highest BCUT2D eigenvalue weighted by Gasteiger charge is 2.20. The molecule has 0 aliphatic heterocycles. The number of aromatic hydroxyl groups is 1. The Morgan fingerprint density at radius 2 is 1.55 bits per heavy atom. The number of benzene rings is 4. The van der Waals surface area contributed by atoms with Crippen LogP contribution in [0.4, 0.5) is 0 Å². The average Bonchev–Trinajstić information content (AvgIpc) is 2.73. The normalized spacial score (nSPS) is 11.4. The molecule has 5 aromatic rings. The summed E-state index contributed by atoms with van der Waals surface area (Å²) in [6.45, 7) is 3.83. The largest absolute Gasteiger partial charge is 0.508 e. The molecule has 0 atom stereocenters. The van der Waals surface area contributed by atoms with Gasteiger partial charge in [-0.1, -0.05) is 12.1 Å². The predicted molar refractivity (Wildman–Crippen MR) is 121 cm³/mol. The molecule has 2 N–H and O–H groups in total. The number of carbonyl (C=O) groups is 1. The van der Waals surface area contributed by atoms with Gasteiger partial charge in [-0.05, 0) is 78.4 Å². The Bertz CT molecular complexity index is 1610. The molecule has 0 saturated carbocycles. The summed E-state index contributed by atoms with van der Waals surface area (Å²) in [5, 5.41) is 22.9. The highest BCUT2D eigenvalue weighted by atomic mass is 16.4. The van der Waals surface area contributed by atoms with Gasteiger partial charge in [-0.3, -0.25) is 4.79 Å². The van der Waals surface area contributed by atoms with Crippen molar-refractivity contribution in [2.75, 3.05) is 0 Å². The van der Waals surface area contributed by atoms with Crippen molar-refractivity contribution >= 4 is 38.7 Å². The van der Waals surface area contributed by atoms with E-state index in [-0.39, 0.29) is 16.7 Å². The maximum Gasteiger partial charge on any atom is 0.336 e. The summed E-state index contributed by atoms with van der Waals surface area (Å²) in [4.78, 5) is 24.0. The molecule has 0 bridgehead atoms. The number of aryl methyl sites for hydroxylation is 2. The zero-order chi connectivity index (χ0) is 21.9. The molecular formula is C26H18O5. The minimum Gasteiger partial charge on any atom is -0.508 e. The van der Waals surface area contributed by atoms with Gasteiger partial charge >= 0.3 is 5.97 Å². The molecule has 1 heterocycles. The molecular weight excluding hydrogens is 392 g/mol. The van der Waals surface area contributed by atoms with Gasteiger partial charge in [-0.15, -0.1) is 0 Å². The number of aromatic carboxylic acids is 1. The minimum absolute atomic E-state index is 0.0437. The topological polar surface area (TPSA) is 87.7 Å². The quantitative estimate of drug-likeness (QED) is 0.284. The van der Waals surface area contributed by atoms with Crippen molar-refractivity contribution in [3.63, 3.8) is 0 Å². The number of phenolic OH excluding ortho intramolecular Hbond substituents is 1. The van der Waals surface area contributed by atoms with Gasteiger partial charge in [0.05, 0.1) is 5.56 Å². The fourth-order valence-electron chi connectivity index (χ4n) is 4.13. The maximum absolute atomic E-state index is 12.1. The maximum atomic E-state index is 12.1. The van der Waals surface area contributed by atoms with E-state index < -0.39 is 5.97 Å². The standard InChI is InChI=1S/C26H18O5/c1-13-9-21(22(26(29)30)10-14(13)2)24-19-8-5-17(28)12-23(19)31-25-18-7-4-16(27)11-15(18)3-6-20(24)25/h3-12,28H,1-2H3,(H,29,30). The molecule has 0 fully saturated rings. The van der Waals surface area contributed by atoms with E-state index in [0.29, 0.717) is 27.7 Å². The molecule has 1 aromatic heterocycles. The average molecular weight is 410 g/mol. The first-order valence-corrected chi connectivity index (χ1v) is 9.81. The third-order valence-corrected chi connectivity index (χ3v) is 5.79. The Labute approximate surface area is 176 Å². The highest BCUT2D eigenvalue weighted by Crippen LogP contribution is 2.41. The van der Waals surface area contributed by atoms with Gasteiger partial charge in [-0.25, -0.2) is 4.79 Å². The molecule has 5 nitrogen and oxygen atoms in total. The zero-order valence-corrected chi connectivity index (χ0v) is 16.9. The van der Waals surface area contributed by atoms with Crippen LogP contribution in [0.15, 0.2) is 69.9 Å². The van der Waals surface area contributed by atoms with E-state index in [1.54, 1.807) is 24.3 Å². The van der Waals surface area contributed by atoms with E-state index in [0.717, 1.165) is 27.3 Å². The van der Waals surface area contributed by atoms with Crippen molar-refractivity contribution in [3.8, 4) is 16.9 Å². The smallest absolute Gasteiger partial charge is 0.336 e. The van der Waals surface area contributed by atoms with Crippen LogP contribution < -0.4 is 5.43 Å². The van der Waals surface area contributed by atoms with Gasteiger partial charge in [0.1, 0.15) is 16.9 Å². The first-order valence-electron chi connectivity index (χ1n) is 9.81. The van der Waals surface area contributed by atoms with E-state index in [1.165, 1.54) is 18.2 Å². The van der Waals surface area contributed by atoms with Crippen LogP contribution >= 0.6 is 0 Å². The highest BCUT2D eigenvalue weighted by molar-refractivity contribution is 6.17. The minimum atomic E-state index is -1.02. The summed E-state index contributed by atoms with van der Waals surface area (Å²) in [6.07, 6.45) is 0. The lowest BCUT2D eigenvalue weighted by Crippen LogP contribution is -2.02. The lowest BCUT2D eigenvalue weighted by Gasteiger charge is -2.16. The molecule has 31 heavy (non-hydrogen) atoms. The molecule has 0 amide bonds. The van der Waals surface area contributed by atoms with Crippen molar-refractivity contribution < 1.29 is 19.4 Å². The van der Waals surface area contributed by atoms with Gasteiger partial charge in [0.2, 0.25) is 0 Å². The fraction of sp³-hybridized carbons (Fsp3) is 0.0769. The van der Waals surface area contributed by atoms with Crippen LogP contribution in [0.3, 0.4) is 0 Å². The van der Waals surface area contributed by atoms with Crippen LogP contribution in [-0.2, 0) is 0 Å². The number of fused-ring (bicyclic) bond motifs is 4. The number of hydrogen-bond donors (Lipinski definition) is 2. The van der Waals surface area contributed by atoms with Crippen molar-refractivity contribution in [2.24, 2.45) is 0 Å². The number of carboxylic acid groups (broad SMARTS) is 1. The zero-order valence-electron chi connectivity index (χ0n) is 16.9. The van der Waals surface area contributed by atoms with E-state index in [9.17, 15) is 19.8 Å². The summed E-state index contributed by atoms with van der Waals surface area (Å²) in [5.41, 5.74) is 4.19. The van der Waals surface area contributed by atoms with Crippen molar-refractivity contribution in [1.29, 1.82) is 0 Å². The first-order chi connectivity index (χ1) is 14.8. The van der Waals surface area contributed by atoms with E-state index in [2.05, 4.69) is 0 Å². The Balaban J connectivity index is 2.05. The number of phenols is 1. The third kappa shape index (κ3) is 2.94. The molecule has 0 aliphatic rings. The van der Waals surface area contributed by atoms with Gasteiger partial charge in [0.25, 0.3) is 0 Å². The summed E-state index contributed by atoms with van der Waals surface area (Å²) in [7, 11) is 0. The molecule has 0 spiro atoms. The van der Waals surface area contributed by atoms with Gasteiger partial charge in [0, 0.05) is 27.8 Å². The second-order valence-corrected chi connectivity index (χ2v) is 7.77. The van der Waals surface area contributed by atoms with Gasteiger partial charge in [0.15, 0.2) is 5.43 Å². The summed E-state index contributed by atoms with van der Waals surface area (Å²) in [5.74, 6) is -0.974. The van der Waals surface area contributed by atoms with Crippen LogP contribution in [0, 0.1) is 13.8 Å². The third-order valence-electron chi connectivity index (χ3n) is 5.79. The molecule has 5 heteroatoms. The number of hydrogen-bond acceptors (Lipinski definition) is 4. The predicted octanol–water partition coefficient (Wildman–Crippen LogP) is 5.79. The molecule has 0 unspecified atom stereocenters. The van der Waals surface area contributed by atoms with E-state index >= 15 is 0 Å². The monoisotopic (exact) mass is 410 g/mol. The molecule has 0 saturated heterocycles. The second kappa shape index (κ2) is 6.71. The molecule has 5 rings (SSSR count). The van der Waals surface area contributed by atoms with Crippen molar-refractivity contribution in [2.45, 2.75) is 13.8 Å². The summed E-state index contributed by atoms with van der Waals surface area (Å²) in [6, 6.07) is 16.8. The Hall–Kier alpha value is -4.12.